The van der Waals surface area contributed by atoms with Crippen molar-refractivity contribution in [2.45, 2.75) is 31.3 Å². The molecule has 5 nitrogen and oxygen atoms in total. The molecule has 0 fully saturated rings. The Morgan fingerprint density at radius 1 is 0.970 bits per heavy atom. The van der Waals surface area contributed by atoms with E-state index in [1.807, 2.05) is 55.5 Å². The van der Waals surface area contributed by atoms with Crippen LogP contribution in [0, 0.1) is 6.92 Å². The van der Waals surface area contributed by atoms with E-state index in [2.05, 4.69) is 44.3 Å². The number of aromatic nitrogens is 3. The van der Waals surface area contributed by atoms with Gasteiger partial charge in [-0.1, -0.05) is 78.0 Å². The second-order valence-corrected chi connectivity index (χ2v) is 9.16. The highest BCUT2D eigenvalue weighted by atomic mass is 35.5. The van der Waals surface area contributed by atoms with E-state index in [0.717, 1.165) is 40.8 Å². The van der Waals surface area contributed by atoms with Crippen LogP contribution in [-0.2, 0) is 17.6 Å². The van der Waals surface area contributed by atoms with Crippen molar-refractivity contribution in [3.63, 3.8) is 0 Å². The van der Waals surface area contributed by atoms with Crippen LogP contribution in [0.4, 0.5) is 5.69 Å². The molecule has 0 spiro atoms. The van der Waals surface area contributed by atoms with Gasteiger partial charge in [0.05, 0.1) is 0 Å². The van der Waals surface area contributed by atoms with E-state index in [0.29, 0.717) is 17.2 Å². The lowest BCUT2D eigenvalue weighted by molar-refractivity contribution is -0.115. The molecule has 1 aromatic heterocycles. The lowest BCUT2D eigenvalue weighted by Crippen LogP contribution is -2.13. The largest absolute Gasteiger partial charge is 0.326 e. The average molecular weight is 477 g/mol. The van der Waals surface area contributed by atoms with Gasteiger partial charge in [0.2, 0.25) is 5.91 Å². The normalized spacial score (nSPS) is 10.8. The number of thioether (sulfide) groups is 1. The van der Waals surface area contributed by atoms with Gasteiger partial charge >= 0.3 is 0 Å². The first-order valence-corrected chi connectivity index (χ1v) is 12.2. The molecule has 0 radical (unpaired) electrons. The van der Waals surface area contributed by atoms with Gasteiger partial charge in [-0.05, 0) is 48.7 Å². The van der Waals surface area contributed by atoms with Gasteiger partial charge in [-0.2, -0.15) is 0 Å². The van der Waals surface area contributed by atoms with Crippen molar-refractivity contribution in [2.75, 3.05) is 11.1 Å². The zero-order chi connectivity index (χ0) is 23.0. The van der Waals surface area contributed by atoms with Crippen LogP contribution >= 0.6 is 23.4 Å². The van der Waals surface area contributed by atoms with Crippen LogP contribution < -0.4 is 5.32 Å². The maximum Gasteiger partial charge on any atom is 0.225 e. The number of hydrogen-bond donors (Lipinski definition) is 1. The molecule has 3 aromatic carbocycles. The molecule has 1 amide bonds. The van der Waals surface area contributed by atoms with Gasteiger partial charge in [-0.15, -0.1) is 10.2 Å². The quantitative estimate of drug-likeness (QED) is 0.295. The molecule has 0 bridgehead atoms. The minimum Gasteiger partial charge on any atom is -0.326 e. The number of anilines is 1. The summed E-state index contributed by atoms with van der Waals surface area (Å²) < 4.78 is 2.09. The van der Waals surface area contributed by atoms with Crippen LogP contribution in [-0.4, -0.2) is 26.4 Å². The van der Waals surface area contributed by atoms with Crippen LogP contribution in [0.1, 0.15) is 23.4 Å². The molecule has 0 saturated heterocycles. The average Bonchev–Trinajstić information content (AvgIpc) is 3.24. The Hall–Kier alpha value is -3.09. The number of para-hydroxylation sites is 1. The molecule has 1 N–H and O–H groups in total. The third-order valence-electron chi connectivity index (χ3n) is 5.23. The van der Waals surface area contributed by atoms with Gasteiger partial charge in [0.1, 0.15) is 5.82 Å². The Labute approximate surface area is 203 Å². The number of halogens is 1. The molecular weight excluding hydrogens is 452 g/mol. The molecule has 0 aliphatic rings. The summed E-state index contributed by atoms with van der Waals surface area (Å²) in [6.45, 7) is 1.94. The number of benzene rings is 3. The van der Waals surface area contributed by atoms with Gasteiger partial charge in [0.25, 0.3) is 0 Å². The third-order valence-corrected chi connectivity index (χ3v) is 6.39. The van der Waals surface area contributed by atoms with Crippen molar-refractivity contribution in [2.24, 2.45) is 0 Å². The maximum atomic E-state index is 12.5. The Morgan fingerprint density at radius 2 is 1.70 bits per heavy atom. The monoisotopic (exact) mass is 476 g/mol. The Bertz CT molecular complexity index is 1210. The minimum atomic E-state index is -0.0528. The maximum absolute atomic E-state index is 12.5. The fourth-order valence-corrected chi connectivity index (χ4v) is 4.55. The minimum absolute atomic E-state index is 0.0528. The van der Waals surface area contributed by atoms with Crippen molar-refractivity contribution in [3.05, 3.63) is 101 Å². The van der Waals surface area contributed by atoms with Crippen LogP contribution in [0.3, 0.4) is 0 Å². The van der Waals surface area contributed by atoms with Crippen molar-refractivity contribution < 1.29 is 4.79 Å². The predicted octanol–water partition coefficient (Wildman–Crippen LogP) is 6.14. The topological polar surface area (TPSA) is 59.8 Å². The van der Waals surface area contributed by atoms with Gasteiger partial charge in [-0.3, -0.25) is 9.36 Å². The van der Waals surface area contributed by atoms with E-state index in [1.165, 1.54) is 17.3 Å². The highest BCUT2D eigenvalue weighted by molar-refractivity contribution is 7.99. The molecule has 4 aromatic rings. The second kappa shape index (κ2) is 11.2. The molecule has 0 aliphatic carbocycles. The lowest BCUT2D eigenvalue weighted by atomic mass is 10.1. The number of amides is 1. The zero-order valence-corrected chi connectivity index (χ0v) is 19.9. The number of nitrogens with one attached hydrogen (secondary N) is 1. The number of hydrogen-bond acceptors (Lipinski definition) is 4. The van der Waals surface area contributed by atoms with E-state index in [9.17, 15) is 4.79 Å². The summed E-state index contributed by atoms with van der Waals surface area (Å²) in [7, 11) is 0. The summed E-state index contributed by atoms with van der Waals surface area (Å²) in [4.78, 5) is 12.5. The first-order valence-electron chi connectivity index (χ1n) is 10.8. The predicted molar refractivity (Wildman–Crippen MR) is 135 cm³/mol. The van der Waals surface area contributed by atoms with Gasteiger partial charge in [-0.25, -0.2) is 0 Å². The van der Waals surface area contributed by atoms with Crippen LogP contribution in [0.25, 0.3) is 5.69 Å². The molecular formula is C26H25ClN4OS. The lowest BCUT2D eigenvalue weighted by Gasteiger charge is -2.11. The van der Waals surface area contributed by atoms with Gasteiger partial charge < -0.3 is 5.32 Å². The van der Waals surface area contributed by atoms with E-state index in [1.54, 1.807) is 6.07 Å². The molecule has 4 rings (SSSR count). The van der Waals surface area contributed by atoms with Crippen molar-refractivity contribution >= 4 is 35.0 Å². The standard InChI is InChI=1S/C26H25ClN4OS/c1-19-12-14-21(27)18-23(19)28-25(32)16-17-33-26-30-29-24(15-13-20-8-4-2-5-9-20)31(26)22-10-6-3-7-11-22/h2-12,14,18H,13,15-17H2,1H3,(H,28,32). The molecule has 0 saturated carbocycles. The highest BCUT2D eigenvalue weighted by Gasteiger charge is 2.15. The zero-order valence-electron chi connectivity index (χ0n) is 18.4. The van der Waals surface area contributed by atoms with Crippen LogP contribution in [0.5, 0.6) is 0 Å². The van der Waals surface area contributed by atoms with Crippen molar-refractivity contribution in [3.8, 4) is 5.69 Å². The number of aryl methyl sites for hydroxylation is 3. The van der Waals surface area contributed by atoms with Crippen molar-refractivity contribution in [1.29, 1.82) is 0 Å². The van der Waals surface area contributed by atoms with Crippen LogP contribution in [0.2, 0.25) is 5.02 Å². The summed E-state index contributed by atoms with van der Waals surface area (Å²) in [6, 6.07) is 26.0. The van der Waals surface area contributed by atoms with Gasteiger partial charge in [0.15, 0.2) is 5.16 Å². The van der Waals surface area contributed by atoms with E-state index >= 15 is 0 Å². The summed E-state index contributed by atoms with van der Waals surface area (Å²) in [6.07, 6.45) is 2.02. The molecule has 0 unspecified atom stereocenters. The first kappa shape index (κ1) is 23.1. The van der Waals surface area contributed by atoms with E-state index in [-0.39, 0.29) is 5.91 Å². The summed E-state index contributed by atoms with van der Waals surface area (Å²) in [5.74, 6) is 1.45. The molecule has 1 heterocycles. The van der Waals surface area contributed by atoms with Gasteiger partial charge in [0, 0.05) is 35.0 Å². The SMILES string of the molecule is Cc1ccc(Cl)cc1NC(=O)CCSc1nnc(CCc2ccccc2)n1-c1ccccc1. The molecule has 0 atom stereocenters. The molecule has 33 heavy (non-hydrogen) atoms. The fraction of sp³-hybridized carbons (Fsp3) is 0.192. The number of carbonyl (C=O) groups excluding carboxylic acids is 1. The van der Waals surface area contributed by atoms with Crippen LogP contribution in [0.15, 0.2) is 84.0 Å². The van der Waals surface area contributed by atoms with E-state index < -0.39 is 0 Å². The summed E-state index contributed by atoms with van der Waals surface area (Å²) >= 11 is 7.59. The Morgan fingerprint density at radius 3 is 2.45 bits per heavy atom. The summed E-state index contributed by atoms with van der Waals surface area (Å²) in [5.41, 5.74) is 4.01. The smallest absolute Gasteiger partial charge is 0.225 e. The first-order chi connectivity index (χ1) is 16.1. The molecule has 7 heteroatoms. The second-order valence-electron chi connectivity index (χ2n) is 7.66. The van der Waals surface area contributed by atoms with Crippen molar-refractivity contribution in [1.82, 2.24) is 14.8 Å². The number of carbonyl (C=O) groups is 1. The fourth-order valence-electron chi connectivity index (χ4n) is 3.47. The number of rotatable bonds is 9. The van der Waals surface area contributed by atoms with E-state index in [4.69, 9.17) is 11.6 Å². The highest BCUT2D eigenvalue weighted by Crippen LogP contribution is 2.24. The Kier molecular flexibility index (Phi) is 7.81. The third kappa shape index (κ3) is 6.24. The molecule has 0 aliphatic heterocycles. The molecule has 168 valence electrons. The Balaban J connectivity index is 1.43. The summed E-state index contributed by atoms with van der Waals surface area (Å²) in [5, 5.41) is 13.2. The number of nitrogens with zero attached hydrogens (tertiary/aromatic N) is 3.